The highest BCUT2D eigenvalue weighted by Gasteiger charge is 2.22. The molecule has 0 aromatic heterocycles. The van der Waals surface area contributed by atoms with E-state index in [0.29, 0.717) is 53.7 Å². The van der Waals surface area contributed by atoms with Gasteiger partial charge in [0, 0.05) is 25.2 Å². The minimum absolute atomic E-state index is 0.175. The van der Waals surface area contributed by atoms with Gasteiger partial charge in [-0.15, -0.1) is 0 Å². The third-order valence-electron chi connectivity index (χ3n) is 6.64. The molecule has 0 bridgehead atoms. The van der Waals surface area contributed by atoms with Crippen LogP contribution in [0.25, 0.3) is 0 Å². The van der Waals surface area contributed by atoms with Crippen LogP contribution in [0.2, 0.25) is 5.02 Å². The first-order valence-corrected chi connectivity index (χ1v) is 12.5. The quantitative estimate of drug-likeness (QED) is 0.330. The number of amides is 2. The standard InChI is InChI=1S/C26H34ClFN4O4/c1-36-24-15-23(29)22(27)14-21(24)25(33)30-16-18-8-11-32(12-9-18)13-10-20(31-26(34)35)7-4-17-2-5-19(28)6-3-17/h2-3,5-6,14-15,18,20,31H,4,7-13,16,29H2,1H3,(H,30,33)(H,34,35). The predicted molar refractivity (Wildman–Crippen MR) is 138 cm³/mol. The Bertz CT molecular complexity index is 1030. The van der Waals surface area contributed by atoms with Crippen LogP contribution in [0.15, 0.2) is 36.4 Å². The number of benzene rings is 2. The van der Waals surface area contributed by atoms with Crippen molar-refractivity contribution < 1.29 is 23.8 Å². The summed E-state index contributed by atoms with van der Waals surface area (Å²) in [6.45, 7) is 3.11. The third-order valence-corrected chi connectivity index (χ3v) is 6.97. The highest BCUT2D eigenvalue weighted by atomic mass is 35.5. The molecule has 1 aliphatic rings. The number of halogens is 2. The Balaban J connectivity index is 1.41. The molecular formula is C26H34ClFN4O4. The molecule has 2 aromatic rings. The molecule has 0 radical (unpaired) electrons. The molecule has 3 rings (SSSR count). The van der Waals surface area contributed by atoms with Crippen LogP contribution in [0.3, 0.4) is 0 Å². The molecule has 10 heteroatoms. The largest absolute Gasteiger partial charge is 0.496 e. The van der Waals surface area contributed by atoms with Gasteiger partial charge in [-0.1, -0.05) is 23.7 Å². The van der Waals surface area contributed by atoms with Crippen LogP contribution in [0.5, 0.6) is 5.75 Å². The number of nitrogen functional groups attached to an aromatic ring is 1. The Kier molecular flexibility index (Phi) is 10.2. The number of nitrogens with zero attached hydrogens (tertiary/aromatic N) is 1. The molecule has 196 valence electrons. The SMILES string of the molecule is COc1cc(N)c(Cl)cc1C(=O)NCC1CCN(CCC(CCc2ccc(F)cc2)NC(=O)O)CC1. The number of likely N-dealkylation sites (tertiary alicyclic amines) is 1. The number of carbonyl (C=O) groups excluding carboxylic acids is 1. The Morgan fingerprint density at radius 1 is 1.22 bits per heavy atom. The van der Waals surface area contributed by atoms with E-state index < -0.39 is 6.09 Å². The summed E-state index contributed by atoms with van der Waals surface area (Å²) in [7, 11) is 1.48. The number of carboxylic acid groups (broad SMARTS) is 1. The number of aryl methyl sites for hydroxylation is 1. The Morgan fingerprint density at radius 3 is 2.56 bits per heavy atom. The van der Waals surface area contributed by atoms with Gasteiger partial charge in [0.05, 0.1) is 23.4 Å². The number of nitrogens with two attached hydrogens (primary N) is 1. The molecule has 1 atom stereocenters. The molecule has 1 unspecified atom stereocenters. The fourth-order valence-corrected chi connectivity index (χ4v) is 4.62. The number of hydrogen-bond acceptors (Lipinski definition) is 5. The molecule has 2 aromatic carbocycles. The van der Waals surface area contributed by atoms with Crippen molar-refractivity contribution in [3.05, 3.63) is 58.4 Å². The molecule has 1 heterocycles. The van der Waals surface area contributed by atoms with E-state index in [1.54, 1.807) is 18.2 Å². The van der Waals surface area contributed by atoms with Crippen LogP contribution < -0.4 is 21.1 Å². The first-order valence-electron chi connectivity index (χ1n) is 12.1. The zero-order valence-corrected chi connectivity index (χ0v) is 21.2. The molecule has 0 spiro atoms. The van der Waals surface area contributed by atoms with Crippen LogP contribution >= 0.6 is 11.6 Å². The maximum absolute atomic E-state index is 13.1. The number of anilines is 1. The van der Waals surface area contributed by atoms with Crippen molar-refractivity contribution in [1.82, 2.24) is 15.5 Å². The van der Waals surface area contributed by atoms with Crippen molar-refractivity contribution in [3.8, 4) is 5.75 Å². The van der Waals surface area contributed by atoms with Crippen molar-refractivity contribution in [2.45, 2.75) is 38.1 Å². The lowest BCUT2D eigenvalue weighted by Crippen LogP contribution is -2.41. The summed E-state index contributed by atoms with van der Waals surface area (Å²) in [6.07, 6.45) is 2.87. The number of methoxy groups -OCH3 is 1. The van der Waals surface area contributed by atoms with Gasteiger partial charge in [-0.25, -0.2) is 9.18 Å². The van der Waals surface area contributed by atoms with Crippen LogP contribution in [-0.2, 0) is 6.42 Å². The number of rotatable bonds is 11. The summed E-state index contributed by atoms with van der Waals surface area (Å²) in [6, 6.07) is 9.19. The minimum atomic E-state index is -1.03. The Labute approximate surface area is 215 Å². The van der Waals surface area contributed by atoms with E-state index in [9.17, 15) is 19.1 Å². The third kappa shape index (κ3) is 8.27. The fourth-order valence-electron chi connectivity index (χ4n) is 4.46. The van der Waals surface area contributed by atoms with Crippen molar-refractivity contribution >= 4 is 29.3 Å². The lowest BCUT2D eigenvalue weighted by molar-refractivity contribution is 0.0932. The highest BCUT2D eigenvalue weighted by Crippen LogP contribution is 2.29. The maximum Gasteiger partial charge on any atom is 0.404 e. The molecule has 2 amide bonds. The molecule has 0 aliphatic carbocycles. The van der Waals surface area contributed by atoms with Gasteiger partial charge in [0.1, 0.15) is 11.6 Å². The van der Waals surface area contributed by atoms with E-state index in [1.165, 1.54) is 25.3 Å². The van der Waals surface area contributed by atoms with Gasteiger partial charge in [0.2, 0.25) is 0 Å². The average molecular weight is 521 g/mol. The molecule has 0 saturated carbocycles. The van der Waals surface area contributed by atoms with Crippen LogP contribution in [-0.4, -0.2) is 61.3 Å². The zero-order chi connectivity index (χ0) is 26.1. The van der Waals surface area contributed by atoms with Gasteiger partial charge in [0.25, 0.3) is 5.91 Å². The number of nitrogens with one attached hydrogen (secondary N) is 2. The lowest BCUT2D eigenvalue weighted by atomic mass is 9.96. The van der Waals surface area contributed by atoms with Crippen molar-refractivity contribution in [2.75, 3.05) is 39.0 Å². The van der Waals surface area contributed by atoms with E-state index >= 15 is 0 Å². The van der Waals surface area contributed by atoms with Crippen molar-refractivity contribution in [3.63, 3.8) is 0 Å². The predicted octanol–water partition coefficient (Wildman–Crippen LogP) is 4.17. The first-order chi connectivity index (χ1) is 17.2. The van der Waals surface area contributed by atoms with E-state index in [0.717, 1.165) is 38.0 Å². The zero-order valence-electron chi connectivity index (χ0n) is 20.4. The van der Waals surface area contributed by atoms with Crippen molar-refractivity contribution in [2.24, 2.45) is 5.92 Å². The van der Waals surface area contributed by atoms with E-state index in [-0.39, 0.29) is 17.8 Å². The molecule has 1 saturated heterocycles. The second kappa shape index (κ2) is 13.3. The topological polar surface area (TPSA) is 117 Å². The summed E-state index contributed by atoms with van der Waals surface area (Å²) >= 11 is 6.07. The summed E-state index contributed by atoms with van der Waals surface area (Å²) in [5, 5.41) is 15.1. The molecule has 5 N–H and O–H groups in total. The number of carbonyl (C=O) groups is 2. The van der Waals surface area contributed by atoms with Crippen LogP contribution in [0, 0.1) is 11.7 Å². The first kappa shape index (κ1) is 27.5. The minimum Gasteiger partial charge on any atom is -0.496 e. The Morgan fingerprint density at radius 2 is 1.92 bits per heavy atom. The molecule has 1 aliphatic heterocycles. The Hall–Kier alpha value is -3.04. The van der Waals surface area contributed by atoms with Gasteiger partial charge in [-0.3, -0.25) is 4.79 Å². The van der Waals surface area contributed by atoms with Crippen molar-refractivity contribution in [1.29, 1.82) is 0 Å². The molecular weight excluding hydrogens is 487 g/mol. The summed E-state index contributed by atoms with van der Waals surface area (Å²) < 4.78 is 18.4. The summed E-state index contributed by atoms with van der Waals surface area (Å²) in [4.78, 5) is 26.2. The number of ether oxygens (including phenoxy) is 1. The van der Waals surface area contributed by atoms with Gasteiger partial charge in [-0.05, 0) is 74.9 Å². The molecule has 8 nitrogen and oxygen atoms in total. The lowest BCUT2D eigenvalue weighted by Gasteiger charge is -2.33. The van der Waals surface area contributed by atoms with Crippen LogP contribution in [0.1, 0.15) is 41.6 Å². The number of hydrogen-bond donors (Lipinski definition) is 4. The average Bonchev–Trinajstić information content (AvgIpc) is 2.86. The second-order valence-electron chi connectivity index (χ2n) is 9.17. The smallest absolute Gasteiger partial charge is 0.404 e. The summed E-state index contributed by atoms with van der Waals surface area (Å²) in [5.74, 6) is 0.205. The van der Waals surface area contributed by atoms with Gasteiger partial charge >= 0.3 is 6.09 Å². The maximum atomic E-state index is 13.1. The van der Waals surface area contributed by atoms with Gasteiger partial charge < -0.3 is 31.1 Å². The number of piperidine rings is 1. The van der Waals surface area contributed by atoms with E-state index in [2.05, 4.69) is 15.5 Å². The monoisotopic (exact) mass is 520 g/mol. The van der Waals surface area contributed by atoms with Gasteiger partial charge in [0.15, 0.2) is 0 Å². The van der Waals surface area contributed by atoms with E-state index in [4.69, 9.17) is 22.1 Å². The van der Waals surface area contributed by atoms with E-state index in [1.807, 2.05) is 0 Å². The normalized spacial score (nSPS) is 15.3. The van der Waals surface area contributed by atoms with Crippen LogP contribution in [0.4, 0.5) is 14.9 Å². The molecule has 36 heavy (non-hydrogen) atoms. The fraction of sp³-hybridized carbons (Fsp3) is 0.462. The summed E-state index contributed by atoms with van der Waals surface area (Å²) in [5.41, 5.74) is 7.48. The second-order valence-corrected chi connectivity index (χ2v) is 9.58. The van der Waals surface area contributed by atoms with Gasteiger partial charge in [-0.2, -0.15) is 0 Å². The highest BCUT2D eigenvalue weighted by molar-refractivity contribution is 6.33. The molecule has 1 fully saturated rings.